The second kappa shape index (κ2) is 3.15. The van der Waals surface area contributed by atoms with Crippen molar-refractivity contribution in [1.29, 1.82) is 0 Å². The van der Waals surface area contributed by atoms with Crippen molar-refractivity contribution in [2.24, 2.45) is 5.73 Å². The molecule has 54 valence electrons. The predicted octanol–water partition coefficient (Wildman–Crippen LogP) is -0.678. The number of nitrogens with one attached hydrogen (secondary N) is 1. The van der Waals surface area contributed by atoms with Crippen LogP contribution >= 0.6 is 0 Å². The van der Waals surface area contributed by atoms with Crippen LogP contribution in [0.5, 0.6) is 0 Å². The fourth-order valence-electron chi connectivity index (χ4n) is 0.802. The van der Waals surface area contributed by atoms with Crippen LogP contribution in [0.2, 0.25) is 0 Å². The predicted molar refractivity (Wildman–Crippen MR) is 36.3 cm³/mol. The highest BCUT2D eigenvalue weighted by molar-refractivity contribution is 4.76. The van der Waals surface area contributed by atoms with E-state index in [0.29, 0.717) is 18.6 Å². The number of ether oxygens (including phenoxy) is 1. The van der Waals surface area contributed by atoms with Gasteiger partial charge in [-0.2, -0.15) is 0 Å². The highest BCUT2D eigenvalue weighted by Crippen LogP contribution is 1.99. The van der Waals surface area contributed by atoms with Crippen LogP contribution in [-0.4, -0.2) is 31.8 Å². The van der Waals surface area contributed by atoms with Gasteiger partial charge in [0.2, 0.25) is 0 Å². The molecule has 3 nitrogen and oxygen atoms in total. The molecule has 0 aliphatic carbocycles. The van der Waals surface area contributed by atoms with E-state index in [1.165, 1.54) is 0 Å². The summed E-state index contributed by atoms with van der Waals surface area (Å²) >= 11 is 0. The first-order valence-electron chi connectivity index (χ1n) is 3.37. The van der Waals surface area contributed by atoms with E-state index in [4.69, 9.17) is 10.5 Å². The van der Waals surface area contributed by atoms with Crippen molar-refractivity contribution < 1.29 is 4.74 Å². The fourth-order valence-corrected chi connectivity index (χ4v) is 0.802. The van der Waals surface area contributed by atoms with Gasteiger partial charge in [0.1, 0.15) is 0 Å². The van der Waals surface area contributed by atoms with Gasteiger partial charge < -0.3 is 15.8 Å². The zero-order valence-corrected chi connectivity index (χ0v) is 5.76. The minimum Gasteiger partial charge on any atom is -0.378 e. The third-order valence-electron chi connectivity index (χ3n) is 1.51. The first-order chi connectivity index (χ1) is 4.33. The number of rotatable bonds is 3. The van der Waals surface area contributed by atoms with Gasteiger partial charge in [-0.3, -0.25) is 0 Å². The molecule has 1 aliphatic heterocycles. The van der Waals surface area contributed by atoms with Crippen molar-refractivity contribution in [1.82, 2.24) is 5.32 Å². The molecular formula is C6H14N2O. The summed E-state index contributed by atoms with van der Waals surface area (Å²) in [7, 11) is 0. The van der Waals surface area contributed by atoms with E-state index >= 15 is 0 Å². The molecule has 1 unspecified atom stereocenters. The van der Waals surface area contributed by atoms with Gasteiger partial charge in [0.15, 0.2) is 0 Å². The van der Waals surface area contributed by atoms with Crippen molar-refractivity contribution in [3.8, 4) is 0 Å². The summed E-state index contributed by atoms with van der Waals surface area (Å²) in [5.74, 6) is 0. The minimum atomic E-state index is 0.430. The minimum absolute atomic E-state index is 0.430. The van der Waals surface area contributed by atoms with Crippen LogP contribution in [0.1, 0.15) is 6.92 Å². The van der Waals surface area contributed by atoms with Gasteiger partial charge in [0.05, 0.1) is 19.3 Å². The molecule has 0 radical (unpaired) electrons. The molecule has 1 fully saturated rings. The Labute approximate surface area is 55.6 Å². The molecule has 9 heavy (non-hydrogen) atoms. The van der Waals surface area contributed by atoms with Gasteiger partial charge >= 0.3 is 0 Å². The Bertz CT molecular complexity index is 80.4. The van der Waals surface area contributed by atoms with Crippen LogP contribution in [0.15, 0.2) is 0 Å². The van der Waals surface area contributed by atoms with Gasteiger partial charge in [-0.05, 0) is 6.92 Å². The molecule has 3 N–H and O–H groups in total. The standard InChI is InChI=1S/C6H14N2O/c1-5(2-7)8-6-3-9-4-6/h5-6,8H,2-4,7H2,1H3. The Morgan fingerprint density at radius 1 is 1.78 bits per heavy atom. The summed E-state index contributed by atoms with van der Waals surface area (Å²) in [6.07, 6.45) is 0. The molecule has 3 heteroatoms. The van der Waals surface area contributed by atoms with Crippen LogP contribution in [0, 0.1) is 0 Å². The Balaban J connectivity index is 2.01. The zero-order valence-electron chi connectivity index (χ0n) is 5.76. The van der Waals surface area contributed by atoms with Crippen LogP contribution < -0.4 is 11.1 Å². The molecule has 0 amide bonds. The lowest BCUT2D eigenvalue weighted by Gasteiger charge is -2.29. The Morgan fingerprint density at radius 3 is 2.78 bits per heavy atom. The molecule has 1 aliphatic rings. The molecule has 0 bridgehead atoms. The second-order valence-corrected chi connectivity index (χ2v) is 2.54. The molecule has 1 saturated heterocycles. The summed E-state index contributed by atoms with van der Waals surface area (Å²) in [6.45, 7) is 4.49. The highest BCUT2D eigenvalue weighted by Gasteiger charge is 2.18. The third-order valence-corrected chi connectivity index (χ3v) is 1.51. The molecule has 1 atom stereocenters. The van der Waals surface area contributed by atoms with Crippen molar-refractivity contribution in [3.05, 3.63) is 0 Å². The van der Waals surface area contributed by atoms with E-state index in [9.17, 15) is 0 Å². The smallest absolute Gasteiger partial charge is 0.0643 e. The zero-order chi connectivity index (χ0) is 6.69. The average molecular weight is 130 g/mol. The van der Waals surface area contributed by atoms with E-state index in [0.717, 1.165) is 13.2 Å². The van der Waals surface area contributed by atoms with E-state index < -0.39 is 0 Å². The van der Waals surface area contributed by atoms with Crippen LogP contribution in [0.4, 0.5) is 0 Å². The largest absolute Gasteiger partial charge is 0.378 e. The molecule has 0 aromatic carbocycles. The van der Waals surface area contributed by atoms with Crippen LogP contribution in [-0.2, 0) is 4.74 Å². The molecule has 0 saturated carbocycles. The summed E-state index contributed by atoms with van der Waals surface area (Å²) in [5.41, 5.74) is 5.40. The first kappa shape index (κ1) is 6.99. The van der Waals surface area contributed by atoms with Crippen molar-refractivity contribution in [3.63, 3.8) is 0 Å². The van der Waals surface area contributed by atoms with Crippen molar-refractivity contribution in [2.75, 3.05) is 19.8 Å². The van der Waals surface area contributed by atoms with E-state index in [1.54, 1.807) is 0 Å². The Kier molecular flexibility index (Phi) is 2.45. The van der Waals surface area contributed by atoms with E-state index in [-0.39, 0.29) is 0 Å². The summed E-state index contributed by atoms with van der Waals surface area (Å²) in [4.78, 5) is 0. The lowest BCUT2D eigenvalue weighted by molar-refractivity contribution is -0.00869. The molecule has 0 aromatic heterocycles. The number of hydrogen-bond donors (Lipinski definition) is 2. The third kappa shape index (κ3) is 1.93. The lowest BCUT2D eigenvalue weighted by Crippen LogP contribution is -2.51. The average Bonchev–Trinajstić information content (AvgIpc) is 1.78. The second-order valence-electron chi connectivity index (χ2n) is 2.54. The maximum atomic E-state index is 5.40. The molecule has 1 heterocycles. The van der Waals surface area contributed by atoms with Gasteiger partial charge in [-0.25, -0.2) is 0 Å². The van der Waals surface area contributed by atoms with E-state index in [2.05, 4.69) is 12.2 Å². The fraction of sp³-hybridized carbons (Fsp3) is 1.00. The molecular weight excluding hydrogens is 116 g/mol. The lowest BCUT2D eigenvalue weighted by atomic mass is 10.2. The monoisotopic (exact) mass is 130 g/mol. The van der Waals surface area contributed by atoms with E-state index in [1.807, 2.05) is 0 Å². The highest BCUT2D eigenvalue weighted by atomic mass is 16.5. The van der Waals surface area contributed by atoms with Crippen molar-refractivity contribution in [2.45, 2.75) is 19.0 Å². The summed E-state index contributed by atoms with van der Waals surface area (Å²) < 4.78 is 4.98. The van der Waals surface area contributed by atoms with Crippen LogP contribution in [0.25, 0.3) is 0 Å². The SMILES string of the molecule is CC(CN)NC1COC1. The quantitative estimate of drug-likeness (QED) is 0.532. The Hall–Kier alpha value is -0.120. The summed E-state index contributed by atoms with van der Waals surface area (Å²) in [6, 6.07) is 0.988. The maximum absolute atomic E-state index is 5.40. The maximum Gasteiger partial charge on any atom is 0.0643 e. The number of nitrogens with two attached hydrogens (primary N) is 1. The van der Waals surface area contributed by atoms with Gasteiger partial charge in [-0.15, -0.1) is 0 Å². The Morgan fingerprint density at radius 2 is 2.44 bits per heavy atom. The van der Waals surface area contributed by atoms with Crippen molar-refractivity contribution >= 4 is 0 Å². The van der Waals surface area contributed by atoms with Crippen LogP contribution in [0.3, 0.4) is 0 Å². The summed E-state index contributed by atoms with van der Waals surface area (Å²) in [5, 5.41) is 3.32. The molecule has 0 aromatic rings. The number of hydrogen-bond acceptors (Lipinski definition) is 3. The topological polar surface area (TPSA) is 47.3 Å². The van der Waals surface area contributed by atoms with Gasteiger partial charge in [0.25, 0.3) is 0 Å². The van der Waals surface area contributed by atoms with Gasteiger partial charge in [-0.1, -0.05) is 0 Å². The van der Waals surface area contributed by atoms with Gasteiger partial charge in [0, 0.05) is 12.6 Å². The first-order valence-corrected chi connectivity index (χ1v) is 3.37. The molecule has 1 rings (SSSR count). The molecule has 0 spiro atoms. The normalized spacial score (nSPS) is 23.3.